The first-order valence-corrected chi connectivity index (χ1v) is 6.84. The van der Waals surface area contributed by atoms with Gasteiger partial charge in [-0.2, -0.15) is 13.9 Å². The van der Waals surface area contributed by atoms with Crippen LogP contribution in [0, 0.1) is 6.92 Å². The minimum absolute atomic E-state index is 0.120. The molecule has 2 rings (SSSR count). The molecule has 0 N–H and O–H groups in total. The Morgan fingerprint density at radius 1 is 1.53 bits per heavy atom. The quantitative estimate of drug-likeness (QED) is 0.838. The van der Waals surface area contributed by atoms with Crippen LogP contribution in [0.4, 0.5) is 8.78 Å². The summed E-state index contributed by atoms with van der Waals surface area (Å²) in [5.41, 5.74) is -0.884. The summed E-state index contributed by atoms with van der Waals surface area (Å²) < 4.78 is 41.8. The SMILES string of the molecule is Cc1nn(C)cc1C(F)(F)S(=O)C1=NOC(C)(C)C1. The molecular weight excluding hydrogens is 276 g/mol. The van der Waals surface area contributed by atoms with Crippen LogP contribution in [-0.2, 0) is 27.9 Å². The van der Waals surface area contributed by atoms with Gasteiger partial charge in [-0.1, -0.05) is 5.16 Å². The lowest BCUT2D eigenvalue weighted by molar-refractivity contribution is 0.0123. The highest BCUT2D eigenvalue weighted by Crippen LogP contribution is 2.37. The van der Waals surface area contributed by atoms with E-state index in [1.165, 1.54) is 24.9 Å². The summed E-state index contributed by atoms with van der Waals surface area (Å²) in [4.78, 5) is 4.98. The van der Waals surface area contributed by atoms with E-state index in [-0.39, 0.29) is 22.7 Å². The molecule has 0 saturated heterocycles. The van der Waals surface area contributed by atoms with E-state index in [0.29, 0.717) is 0 Å². The molecule has 0 spiro atoms. The summed E-state index contributed by atoms with van der Waals surface area (Å²) in [6.45, 7) is 4.86. The van der Waals surface area contributed by atoms with Crippen LogP contribution >= 0.6 is 0 Å². The Morgan fingerprint density at radius 3 is 2.58 bits per heavy atom. The molecule has 1 aliphatic heterocycles. The van der Waals surface area contributed by atoms with Crippen molar-refractivity contribution >= 4 is 15.8 Å². The standard InChI is InChI=1S/C11H15F2N3O2S/c1-7-8(6-16(4)14-7)11(12,13)19(17)9-5-10(2,3)18-15-9/h6H,5H2,1-4H3. The Hall–Kier alpha value is -1.31. The predicted molar refractivity (Wildman–Crippen MR) is 67.2 cm³/mol. The van der Waals surface area contributed by atoms with E-state index in [4.69, 9.17) is 4.84 Å². The van der Waals surface area contributed by atoms with E-state index < -0.39 is 21.7 Å². The molecule has 19 heavy (non-hydrogen) atoms. The number of nitrogens with zero attached hydrogens (tertiary/aromatic N) is 3. The first-order valence-electron chi connectivity index (χ1n) is 5.69. The van der Waals surface area contributed by atoms with Crippen molar-refractivity contribution in [3.63, 3.8) is 0 Å². The maximum atomic E-state index is 14.2. The summed E-state index contributed by atoms with van der Waals surface area (Å²) in [5, 5.41) is 3.72. The van der Waals surface area contributed by atoms with Crippen LogP contribution in [0.5, 0.6) is 0 Å². The fourth-order valence-corrected chi connectivity index (χ4v) is 3.12. The average Bonchev–Trinajstić information content (AvgIpc) is 2.80. The maximum absolute atomic E-state index is 14.2. The van der Waals surface area contributed by atoms with Crippen LogP contribution in [0.1, 0.15) is 31.5 Å². The van der Waals surface area contributed by atoms with Gasteiger partial charge in [0.15, 0.2) is 5.04 Å². The molecule has 5 nitrogen and oxygen atoms in total. The number of aryl methyl sites for hydroxylation is 2. The molecule has 106 valence electrons. The molecule has 1 aromatic heterocycles. The van der Waals surface area contributed by atoms with Gasteiger partial charge >= 0.3 is 5.25 Å². The van der Waals surface area contributed by atoms with Gasteiger partial charge in [-0.15, -0.1) is 0 Å². The highest BCUT2D eigenvalue weighted by molar-refractivity contribution is 8.01. The molecule has 1 unspecified atom stereocenters. The molecule has 0 amide bonds. The number of aromatic nitrogens is 2. The first-order chi connectivity index (χ1) is 8.63. The van der Waals surface area contributed by atoms with Crippen molar-refractivity contribution in [1.82, 2.24) is 9.78 Å². The van der Waals surface area contributed by atoms with Crippen molar-refractivity contribution in [2.45, 2.75) is 38.0 Å². The van der Waals surface area contributed by atoms with Crippen molar-refractivity contribution in [3.05, 3.63) is 17.5 Å². The van der Waals surface area contributed by atoms with Gasteiger partial charge < -0.3 is 4.84 Å². The van der Waals surface area contributed by atoms with Crippen LogP contribution in [0.3, 0.4) is 0 Å². The molecule has 2 heterocycles. The molecule has 0 aromatic carbocycles. The fraction of sp³-hybridized carbons (Fsp3) is 0.636. The Labute approximate surface area is 112 Å². The third-order valence-corrected chi connectivity index (χ3v) is 4.08. The van der Waals surface area contributed by atoms with Crippen molar-refractivity contribution in [3.8, 4) is 0 Å². The molecule has 0 fully saturated rings. The minimum atomic E-state index is -3.53. The Morgan fingerprint density at radius 2 is 2.16 bits per heavy atom. The van der Waals surface area contributed by atoms with Gasteiger partial charge in [0.25, 0.3) is 0 Å². The second kappa shape index (κ2) is 4.36. The normalized spacial score (nSPS) is 20.0. The van der Waals surface area contributed by atoms with Gasteiger partial charge in [0.05, 0.1) is 11.3 Å². The molecule has 8 heteroatoms. The Balaban J connectivity index is 2.30. The molecule has 1 aromatic rings. The van der Waals surface area contributed by atoms with Crippen molar-refractivity contribution in [1.29, 1.82) is 0 Å². The monoisotopic (exact) mass is 291 g/mol. The van der Waals surface area contributed by atoms with Crippen LogP contribution in [0.2, 0.25) is 0 Å². The van der Waals surface area contributed by atoms with Crippen LogP contribution in [0.25, 0.3) is 0 Å². The van der Waals surface area contributed by atoms with Crippen LogP contribution in [-0.4, -0.2) is 24.6 Å². The summed E-state index contributed by atoms with van der Waals surface area (Å²) >= 11 is 0. The summed E-state index contributed by atoms with van der Waals surface area (Å²) in [7, 11) is -1.03. The second-order valence-corrected chi connectivity index (χ2v) is 6.62. The maximum Gasteiger partial charge on any atom is 0.355 e. The van der Waals surface area contributed by atoms with Gasteiger partial charge in [0.1, 0.15) is 16.4 Å². The van der Waals surface area contributed by atoms with Gasteiger partial charge in [-0.25, -0.2) is 4.21 Å². The molecule has 1 aliphatic rings. The Bertz CT molecular complexity index is 566. The zero-order valence-electron chi connectivity index (χ0n) is 11.1. The lowest BCUT2D eigenvalue weighted by Crippen LogP contribution is -2.28. The lowest BCUT2D eigenvalue weighted by Gasteiger charge is -2.16. The molecule has 1 atom stereocenters. The van der Waals surface area contributed by atoms with Crippen molar-refractivity contribution in [2.24, 2.45) is 12.2 Å². The third-order valence-electron chi connectivity index (χ3n) is 2.75. The summed E-state index contributed by atoms with van der Waals surface area (Å²) in [6, 6.07) is 0. The van der Waals surface area contributed by atoms with Gasteiger partial charge in [0.2, 0.25) is 0 Å². The number of rotatable bonds is 2. The molecule has 0 aliphatic carbocycles. The zero-order chi connectivity index (χ0) is 14.4. The van der Waals surface area contributed by atoms with Crippen molar-refractivity contribution in [2.75, 3.05) is 0 Å². The largest absolute Gasteiger partial charge is 0.389 e. The van der Waals surface area contributed by atoms with Gasteiger partial charge in [0, 0.05) is 19.7 Å². The Kier molecular flexibility index (Phi) is 3.24. The van der Waals surface area contributed by atoms with E-state index in [2.05, 4.69) is 10.3 Å². The molecular formula is C11H15F2N3O2S. The fourth-order valence-electron chi connectivity index (χ4n) is 1.84. The van der Waals surface area contributed by atoms with Crippen LogP contribution < -0.4 is 0 Å². The number of hydrogen-bond acceptors (Lipinski definition) is 4. The van der Waals surface area contributed by atoms with E-state index >= 15 is 0 Å². The van der Waals surface area contributed by atoms with E-state index in [1.54, 1.807) is 13.8 Å². The van der Waals surface area contributed by atoms with Crippen LogP contribution in [0.15, 0.2) is 11.4 Å². The zero-order valence-corrected chi connectivity index (χ0v) is 11.9. The molecule has 0 bridgehead atoms. The highest BCUT2D eigenvalue weighted by atomic mass is 32.2. The lowest BCUT2D eigenvalue weighted by atomic mass is 10.1. The predicted octanol–water partition coefficient (Wildman–Crippen LogP) is 2.04. The molecule has 0 saturated carbocycles. The minimum Gasteiger partial charge on any atom is -0.389 e. The number of alkyl halides is 2. The van der Waals surface area contributed by atoms with E-state index in [9.17, 15) is 13.0 Å². The smallest absolute Gasteiger partial charge is 0.355 e. The van der Waals surface area contributed by atoms with Gasteiger partial charge in [-0.05, 0) is 20.8 Å². The second-order valence-electron chi connectivity index (χ2n) is 5.10. The third kappa shape index (κ3) is 2.54. The first kappa shape index (κ1) is 14.1. The summed E-state index contributed by atoms with van der Waals surface area (Å²) in [5.74, 6) is 0. The topological polar surface area (TPSA) is 56.5 Å². The summed E-state index contributed by atoms with van der Waals surface area (Å²) in [6.07, 6.45) is 1.29. The van der Waals surface area contributed by atoms with E-state index in [0.717, 1.165) is 0 Å². The van der Waals surface area contributed by atoms with Gasteiger partial charge in [-0.3, -0.25) is 4.68 Å². The number of halogens is 2. The van der Waals surface area contributed by atoms with Crippen molar-refractivity contribution < 1.29 is 17.8 Å². The average molecular weight is 291 g/mol. The number of oxime groups is 1. The molecule has 0 radical (unpaired) electrons. The number of hydrogen-bond donors (Lipinski definition) is 0. The van der Waals surface area contributed by atoms with E-state index in [1.807, 2.05) is 0 Å². The highest BCUT2D eigenvalue weighted by Gasteiger charge is 2.47.